The Kier molecular flexibility index (Phi) is 8.53. The van der Waals surface area contributed by atoms with Gasteiger partial charge in [-0.05, 0) is 123 Å². The van der Waals surface area contributed by atoms with Crippen molar-refractivity contribution in [2.24, 2.45) is 0 Å². The molecule has 61 heavy (non-hydrogen) atoms. The zero-order valence-electron chi connectivity index (χ0n) is 33.4. The van der Waals surface area contributed by atoms with Crippen molar-refractivity contribution in [2.45, 2.75) is 12.8 Å². The molecule has 0 N–H and O–H groups in total. The van der Waals surface area contributed by atoms with Gasteiger partial charge in [-0.25, -0.2) is 0 Å². The van der Waals surface area contributed by atoms with E-state index in [4.69, 9.17) is 4.42 Å². The van der Waals surface area contributed by atoms with Crippen LogP contribution in [-0.2, 0) is 6.42 Å². The van der Waals surface area contributed by atoms with Crippen molar-refractivity contribution in [3.05, 3.63) is 218 Å². The maximum atomic E-state index is 6.50. The van der Waals surface area contributed by atoms with Crippen LogP contribution in [0.1, 0.15) is 17.7 Å². The Bertz CT molecular complexity index is 3470. The lowest BCUT2D eigenvalue weighted by Gasteiger charge is -2.26. The van der Waals surface area contributed by atoms with Crippen LogP contribution in [-0.4, -0.2) is 0 Å². The number of thiophene rings is 1. The second kappa shape index (κ2) is 14.7. The number of furan rings is 1. The summed E-state index contributed by atoms with van der Waals surface area (Å²) in [6, 6.07) is 73.2. The van der Waals surface area contributed by atoms with Gasteiger partial charge in [0.1, 0.15) is 11.3 Å². The van der Waals surface area contributed by atoms with Crippen LogP contribution in [0, 0.1) is 0 Å². The van der Waals surface area contributed by atoms with Gasteiger partial charge >= 0.3 is 0 Å². The maximum Gasteiger partial charge on any atom is 0.142 e. The highest BCUT2D eigenvalue weighted by atomic mass is 32.1. The molecule has 3 heteroatoms. The van der Waals surface area contributed by atoms with Crippen LogP contribution < -0.4 is 4.90 Å². The van der Waals surface area contributed by atoms with Crippen molar-refractivity contribution in [2.75, 3.05) is 4.90 Å². The quantitative estimate of drug-likeness (QED) is 0.160. The fourth-order valence-corrected chi connectivity index (χ4v) is 10.6. The molecule has 0 saturated heterocycles. The van der Waals surface area contributed by atoms with E-state index in [1.54, 1.807) is 0 Å². The minimum atomic E-state index is 0.964. The van der Waals surface area contributed by atoms with Crippen molar-refractivity contribution >= 4 is 76.4 Å². The third-order valence-electron chi connectivity index (χ3n) is 12.4. The Hall–Kier alpha value is -7.46. The van der Waals surface area contributed by atoms with Gasteiger partial charge in [-0.1, -0.05) is 152 Å². The van der Waals surface area contributed by atoms with Crippen LogP contribution in [0.4, 0.5) is 17.1 Å². The minimum Gasteiger partial charge on any atom is -0.456 e. The van der Waals surface area contributed by atoms with Crippen molar-refractivity contribution in [1.82, 2.24) is 0 Å². The SMILES string of the molecule is C1=Cc2oc3c(-c4ccc(N(c5ccc(-c6cccc7sc8ccccc8c67)cc5)c5cccc(-c6cccc(-c7cccc8ccccc78)c6)c5)cc4)cccc3c2CC1. The van der Waals surface area contributed by atoms with E-state index in [1.807, 2.05) is 11.3 Å². The van der Waals surface area contributed by atoms with Gasteiger partial charge in [0, 0.05) is 53.7 Å². The normalized spacial score (nSPS) is 12.4. The fourth-order valence-electron chi connectivity index (χ4n) is 9.44. The molecule has 1 aliphatic carbocycles. The zero-order chi connectivity index (χ0) is 40.3. The maximum absolute atomic E-state index is 6.50. The van der Waals surface area contributed by atoms with Gasteiger partial charge in [-0.3, -0.25) is 0 Å². The van der Waals surface area contributed by atoms with E-state index in [0.717, 1.165) is 57.9 Å². The first-order chi connectivity index (χ1) is 30.2. The molecule has 0 saturated carbocycles. The van der Waals surface area contributed by atoms with Gasteiger partial charge in [-0.2, -0.15) is 0 Å². The van der Waals surface area contributed by atoms with E-state index in [9.17, 15) is 0 Å². The minimum absolute atomic E-state index is 0.964. The molecule has 2 aromatic heterocycles. The molecule has 0 bridgehead atoms. The van der Waals surface area contributed by atoms with Crippen molar-refractivity contribution in [3.63, 3.8) is 0 Å². The lowest BCUT2D eigenvalue weighted by atomic mass is 9.95. The third kappa shape index (κ3) is 6.17. The summed E-state index contributed by atoms with van der Waals surface area (Å²) in [5.74, 6) is 0.992. The highest BCUT2D eigenvalue weighted by Gasteiger charge is 2.20. The smallest absolute Gasteiger partial charge is 0.142 e. The molecule has 2 heterocycles. The van der Waals surface area contributed by atoms with E-state index < -0.39 is 0 Å². The zero-order valence-corrected chi connectivity index (χ0v) is 34.2. The number of hydrogen-bond acceptors (Lipinski definition) is 3. The summed E-state index contributed by atoms with van der Waals surface area (Å²) in [5.41, 5.74) is 15.0. The van der Waals surface area contributed by atoms with E-state index in [2.05, 4.69) is 217 Å². The molecule has 0 radical (unpaired) electrons. The molecule has 0 unspecified atom stereocenters. The molecule has 12 rings (SSSR count). The van der Waals surface area contributed by atoms with Gasteiger partial charge in [-0.15, -0.1) is 11.3 Å². The average Bonchev–Trinajstić information content (AvgIpc) is 3.91. The monoisotopic (exact) mass is 797 g/mol. The van der Waals surface area contributed by atoms with Gasteiger partial charge in [0.25, 0.3) is 0 Å². The molecule has 0 fully saturated rings. The number of rotatable bonds is 7. The molecule has 288 valence electrons. The fraction of sp³-hybridized carbons (Fsp3) is 0.0345. The number of nitrogens with zero attached hydrogens (tertiary/aromatic N) is 1. The topological polar surface area (TPSA) is 16.4 Å². The summed E-state index contributed by atoms with van der Waals surface area (Å²) in [5, 5.41) is 6.36. The Labute approximate surface area is 358 Å². The number of fused-ring (bicyclic) bond motifs is 7. The Morgan fingerprint density at radius 3 is 1.89 bits per heavy atom. The van der Waals surface area contributed by atoms with Gasteiger partial charge in [0.15, 0.2) is 0 Å². The van der Waals surface area contributed by atoms with Crippen LogP contribution >= 0.6 is 11.3 Å². The molecule has 0 amide bonds. The largest absolute Gasteiger partial charge is 0.456 e. The van der Waals surface area contributed by atoms with Crippen molar-refractivity contribution < 1.29 is 4.42 Å². The van der Waals surface area contributed by atoms with Gasteiger partial charge in [0.05, 0.1) is 0 Å². The summed E-state index contributed by atoms with van der Waals surface area (Å²) in [7, 11) is 0. The highest BCUT2D eigenvalue weighted by Crippen LogP contribution is 2.43. The van der Waals surface area contributed by atoms with E-state index in [0.29, 0.717) is 0 Å². The van der Waals surface area contributed by atoms with Crippen molar-refractivity contribution in [3.8, 4) is 44.5 Å². The lowest BCUT2D eigenvalue weighted by Crippen LogP contribution is -2.10. The van der Waals surface area contributed by atoms with E-state index in [-0.39, 0.29) is 0 Å². The summed E-state index contributed by atoms with van der Waals surface area (Å²) in [6.45, 7) is 0. The van der Waals surface area contributed by atoms with Crippen molar-refractivity contribution in [1.29, 1.82) is 0 Å². The Morgan fingerprint density at radius 1 is 0.426 bits per heavy atom. The number of allylic oxidation sites excluding steroid dienone is 1. The van der Waals surface area contributed by atoms with E-state index in [1.165, 1.54) is 69.7 Å². The number of aryl methyl sites for hydroxylation is 1. The molecular weight excluding hydrogens is 759 g/mol. The summed E-state index contributed by atoms with van der Waals surface area (Å²) < 4.78 is 9.13. The average molecular weight is 798 g/mol. The van der Waals surface area contributed by atoms with E-state index >= 15 is 0 Å². The van der Waals surface area contributed by atoms with Crippen LogP contribution in [0.5, 0.6) is 0 Å². The molecule has 9 aromatic carbocycles. The Balaban J connectivity index is 0.962. The summed E-state index contributed by atoms with van der Waals surface area (Å²) >= 11 is 1.86. The summed E-state index contributed by atoms with van der Waals surface area (Å²) in [6.07, 6.45) is 6.41. The second-order valence-corrected chi connectivity index (χ2v) is 17.0. The molecular formula is C58H39NOS. The first-order valence-corrected chi connectivity index (χ1v) is 21.9. The molecule has 11 aromatic rings. The first-order valence-electron chi connectivity index (χ1n) is 21.0. The molecule has 0 atom stereocenters. The molecule has 0 spiro atoms. The molecule has 0 aliphatic heterocycles. The number of para-hydroxylation sites is 1. The molecule has 1 aliphatic rings. The van der Waals surface area contributed by atoms with Gasteiger partial charge in [0.2, 0.25) is 0 Å². The predicted molar refractivity (Wildman–Crippen MR) is 260 cm³/mol. The standard InChI is InChI=1S/C58H39NOS/c1-2-18-47-38(12-1)13-9-21-48(47)43-16-7-14-41(36-43)42-15-8-17-46(37-42)59(44-32-28-39(29-33-44)49-22-11-27-56-57(49)53-20-4-6-26-55(53)61-56)45-34-30-40(31-35-45)50-23-10-24-52-51-19-3-5-25-54(51)60-58(50)52/h1-2,4-18,20-37H,3,19H2. The highest BCUT2D eigenvalue weighted by molar-refractivity contribution is 7.25. The second-order valence-electron chi connectivity index (χ2n) is 15.9. The van der Waals surface area contributed by atoms with Gasteiger partial charge < -0.3 is 9.32 Å². The number of benzene rings is 9. The number of anilines is 3. The van der Waals surface area contributed by atoms with Crippen LogP contribution in [0.3, 0.4) is 0 Å². The number of hydrogen-bond donors (Lipinski definition) is 0. The first kappa shape index (κ1) is 35.5. The van der Waals surface area contributed by atoms with Crippen LogP contribution in [0.2, 0.25) is 0 Å². The Morgan fingerprint density at radius 2 is 1.03 bits per heavy atom. The lowest BCUT2D eigenvalue weighted by molar-refractivity contribution is 0.596. The van der Waals surface area contributed by atoms with Crippen LogP contribution in [0.25, 0.3) is 92.5 Å². The predicted octanol–water partition coefficient (Wildman–Crippen LogP) is 17.1. The van der Waals surface area contributed by atoms with Crippen LogP contribution in [0.15, 0.2) is 211 Å². The molecule has 2 nitrogen and oxygen atoms in total. The third-order valence-corrected chi connectivity index (χ3v) is 13.5. The summed E-state index contributed by atoms with van der Waals surface area (Å²) in [4.78, 5) is 2.38.